The number of fused-ring (bicyclic) bond motifs is 2. The molecular formula is C38H40. The molecule has 192 valence electrons. The lowest BCUT2D eigenvalue weighted by Gasteiger charge is -2.37. The largest absolute Gasteiger partial charge is 0.0882 e. The smallest absolute Gasteiger partial charge is 0.0141 e. The normalized spacial score (nSPS) is 35.2. The van der Waals surface area contributed by atoms with Gasteiger partial charge in [0.15, 0.2) is 0 Å². The third-order valence-electron chi connectivity index (χ3n) is 10.2. The number of benzene rings is 1. The topological polar surface area (TPSA) is 0 Å². The van der Waals surface area contributed by atoms with Gasteiger partial charge in [0.1, 0.15) is 0 Å². The molecule has 0 aromatic heterocycles. The SMILES string of the molecule is CC1(c2ccc(C3CC4C=CCCC4C(C4=CCC5C=CC=CC5=C4)C4=C3CCC=C4)cc2)C=CC=CC1. The fraction of sp³-hybridized carbons (Fsp3) is 0.368. The average Bonchev–Trinajstić information content (AvgIpc) is 3.12. The predicted octanol–water partition coefficient (Wildman–Crippen LogP) is 9.79. The summed E-state index contributed by atoms with van der Waals surface area (Å²) in [4.78, 5) is 0. The molecule has 0 nitrogen and oxygen atoms in total. The second-order valence-corrected chi connectivity index (χ2v) is 12.5. The molecule has 6 aliphatic carbocycles. The lowest BCUT2D eigenvalue weighted by Crippen LogP contribution is -2.27. The van der Waals surface area contributed by atoms with E-state index in [2.05, 4.69) is 116 Å². The van der Waals surface area contributed by atoms with E-state index in [1.54, 1.807) is 16.7 Å². The second-order valence-electron chi connectivity index (χ2n) is 12.5. The van der Waals surface area contributed by atoms with Crippen molar-refractivity contribution in [2.75, 3.05) is 0 Å². The minimum atomic E-state index is 0.110. The van der Waals surface area contributed by atoms with Crippen molar-refractivity contribution in [1.82, 2.24) is 0 Å². The maximum Gasteiger partial charge on any atom is 0.0141 e. The van der Waals surface area contributed by atoms with Gasteiger partial charge < -0.3 is 0 Å². The highest BCUT2D eigenvalue weighted by molar-refractivity contribution is 5.51. The van der Waals surface area contributed by atoms with E-state index in [1.165, 1.54) is 48.8 Å². The van der Waals surface area contributed by atoms with Gasteiger partial charge in [0, 0.05) is 23.2 Å². The Kier molecular flexibility index (Phi) is 6.23. The van der Waals surface area contributed by atoms with Crippen molar-refractivity contribution >= 4 is 0 Å². The molecule has 38 heavy (non-hydrogen) atoms. The van der Waals surface area contributed by atoms with Gasteiger partial charge in [-0.25, -0.2) is 0 Å². The third-order valence-corrected chi connectivity index (χ3v) is 10.2. The van der Waals surface area contributed by atoms with Crippen LogP contribution in [-0.2, 0) is 5.41 Å². The highest BCUT2D eigenvalue weighted by atomic mass is 14.4. The molecule has 1 aromatic rings. The molecule has 7 rings (SSSR count). The van der Waals surface area contributed by atoms with Crippen molar-refractivity contribution in [3.05, 3.63) is 143 Å². The zero-order valence-electron chi connectivity index (χ0n) is 22.7. The number of hydrogen-bond acceptors (Lipinski definition) is 0. The molecule has 0 heteroatoms. The molecule has 0 fully saturated rings. The molecule has 0 saturated carbocycles. The van der Waals surface area contributed by atoms with Gasteiger partial charge in [0.2, 0.25) is 0 Å². The van der Waals surface area contributed by atoms with Gasteiger partial charge in [-0.2, -0.15) is 0 Å². The quantitative estimate of drug-likeness (QED) is 0.365. The summed E-state index contributed by atoms with van der Waals surface area (Å²) in [6, 6.07) is 9.78. The van der Waals surface area contributed by atoms with Gasteiger partial charge in [-0.1, -0.05) is 122 Å². The molecule has 0 saturated heterocycles. The van der Waals surface area contributed by atoms with Crippen LogP contribution in [0.3, 0.4) is 0 Å². The zero-order chi connectivity index (χ0) is 25.5. The van der Waals surface area contributed by atoms with Crippen LogP contribution in [0.25, 0.3) is 0 Å². The van der Waals surface area contributed by atoms with E-state index in [0.717, 1.165) is 12.8 Å². The Morgan fingerprint density at radius 1 is 0.842 bits per heavy atom. The van der Waals surface area contributed by atoms with Crippen LogP contribution < -0.4 is 0 Å². The van der Waals surface area contributed by atoms with E-state index in [-0.39, 0.29) is 5.41 Å². The van der Waals surface area contributed by atoms with Crippen LogP contribution in [0.2, 0.25) is 0 Å². The van der Waals surface area contributed by atoms with E-state index in [0.29, 0.717) is 29.6 Å². The lowest BCUT2D eigenvalue weighted by molar-refractivity contribution is 0.288. The Labute approximate surface area is 229 Å². The van der Waals surface area contributed by atoms with Crippen molar-refractivity contribution in [3.8, 4) is 0 Å². The Morgan fingerprint density at radius 3 is 2.63 bits per heavy atom. The molecule has 0 aliphatic heterocycles. The highest BCUT2D eigenvalue weighted by Crippen LogP contribution is 2.53. The van der Waals surface area contributed by atoms with E-state index in [4.69, 9.17) is 0 Å². The summed E-state index contributed by atoms with van der Waals surface area (Å²) in [6.07, 6.45) is 41.8. The predicted molar refractivity (Wildman–Crippen MR) is 161 cm³/mol. The van der Waals surface area contributed by atoms with E-state index in [1.807, 2.05) is 0 Å². The average molecular weight is 497 g/mol. The fourth-order valence-corrected chi connectivity index (χ4v) is 8.11. The molecule has 0 spiro atoms. The first-order valence-corrected chi connectivity index (χ1v) is 15.0. The van der Waals surface area contributed by atoms with Crippen LogP contribution in [0, 0.1) is 23.7 Å². The molecule has 0 bridgehead atoms. The minimum absolute atomic E-state index is 0.110. The van der Waals surface area contributed by atoms with Crippen molar-refractivity contribution in [2.24, 2.45) is 23.7 Å². The molecule has 0 amide bonds. The number of hydrogen-bond donors (Lipinski definition) is 0. The molecular weight excluding hydrogens is 456 g/mol. The van der Waals surface area contributed by atoms with E-state index in [9.17, 15) is 0 Å². The fourth-order valence-electron chi connectivity index (χ4n) is 8.11. The molecule has 1 aromatic carbocycles. The molecule has 0 heterocycles. The summed E-state index contributed by atoms with van der Waals surface area (Å²) in [5, 5.41) is 0. The first-order valence-electron chi connectivity index (χ1n) is 15.0. The first-order chi connectivity index (χ1) is 18.7. The molecule has 6 atom stereocenters. The van der Waals surface area contributed by atoms with Crippen molar-refractivity contribution < 1.29 is 0 Å². The zero-order valence-corrected chi connectivity index (χ0v) is 22.7. The lowest BCUT2D eigenvalue weighted by atomic mass is 9.67. The summed E-state index contributed by atoms with van der Waals surface area (Å²) in [7, 11) is 0. The number of allylic oxidation sites excluding steroid dienone is 18. The van der Waals surface area contributed by atoms with E-state index < -0.39 is 0 Å². The standard InChI is InChI=1S/C38H40/c1-38(23-9-2-10-24-38)32-21-19-28(20-22-32)36-26-30-13-5-6-14-33(30)37(35-16-8-7-15-34(35)36)31-18-17-27-11-3-4-12-29(27)25-31/h2-5,8-13,16,18-23,25,27,30,33,36-37H,6-7,14-15,17,24,26H2,1H3. The van der Waals surface area contributed by atoms with Crippen LogP contribution >= 0.6 is 0 Å². The first kappa shape index (κ1) is 24.0. The highest BCUT2D eigenvalue weighted by Gasteiger charge is 2.41. The monoisotopic (exact) mass is 496 g/mol. The van der Waals surface area contributed by atoms with Crippen LogP contribution in [0.4, 0.5) is 0 Å². The summed E-state index contributed by atoms with van der Waals surface area (Å²) < 4.78 is 0. The summed E-state index contributed by atoms with van der Waals surface area (Å²) >= 11 is 0. The third kappa shape index (κ3) is 4.23. The molecule has 6 aliphatic rings. The van der Waals surface area contributed by atoms with Crippen LogP contribution in [0.15, 0.2) is 132 Å². The van der Waals surface area contributed by atoms with Crippen molar-refractivity contribution in [2.45, 2.75) is 63.2 Å². The summed E-state index contributed by atoms with van der Waals surface area (Å²) in [5.41, 5.74) is 9.53. The van der Waals surface area contributed by atoms with Crippen LogP contribution in [0.5, 0.6) is 0 Å². The molecule has 0 radical (unpaired) electrons. The van der Waals surface area contributed by atoms with Crippen LogP contribution in [-0.4, -0.2) is 0 Å². The second kappa shape index (κ2) is 9.88. The van der Waals surface area contributed by atoms with Gasteiger partial charge in [0.25, 0.3) is 0 Å². The van der Waals surface area contributed by atoms with Crippen molar-refractivity contribution in [3.63, 3.8) is 0 Å². The summed E-state index contributed by atoms with van der Waals surface area (Å²) in [5.74, 6) is 2.93. The minimum Gasteiger partial charge on any atom is -0.0882 e. The van der Waals surface area contributed by atoms with Crippen molar-refractivity contribution in [1.29, 1.82) is 0 Å². The van der Waals surface area contributed by atoms with E-state index >= 15 is 0 Å². The maximum atomic E-state index is 2.59. The van der Waals surface area contributed by atoms with Gasteiger partial charge in [-0.15, -0.1) is 0 Å². The molecule has 6 unspecified atom stereocenters. The number of rotatable bonds is 3. The van der Waals surface area contributed by atoms with Gasteiger partial charge in [-0.3, -0.25) is 0 Å². The Hall–Kier alpha value is -3.12. The summed E-state index contributed by atoms with van der Waals surface area (Å²) in [6.45, 7) is 2.37. The molecule has 0 N–H and O–H groups in total. The van der Waals surface area contributed by atoms with Crippen LogP contribution in [0.1, 0.15) is 68.9 Å². The Morgan fingerprint density at radius 2 is 1.76 bits per heavy atom. The van der Waals surface area contributed by atoms with Gasteiger partial charge in [-0.05, 0) is 84.6 Å². The van der Waals surface area contributed by atoms with Gasteiger partial charge >= 0.3 is 0 Å². The van der Waals surface area contributed by atoms with Gasteiger partial charge in [0.05, 0.1) is 0 Å². The Bertz CT molecular complexity index is 1360. The maximum absolute atomic E-state index is 2.59. The Balaban J connectivity index is 1.29.